The summed E-state index contributed by atoms with van der Waals surface area (Å²) in [6, 6.07) is 6.46. The summed E-state index contributed by atoms with van der Waals surface area (Å²) in [5, 5.41) is 5.97. The Kier molecular flexibility index (Phi) is 11.5. The first-order chi connectivity index (χ1) is 14.2. The number of hydrazone groups is 1. The number of esters is 1. The van der Waals surface area contributed by atoms with Gasteiger partial charge in [0, 0.05) is 13.0 Å². The number of rotatable bonds is 14. The van der Waals surface area contributed by atoms with Gasteiger partial charge in [0.25, 0.3) is 0 Å². The topological polar surface area (TPSA) is 149 Å². The molecule has 0 radical (unpaired) electrons. The average molecular weight is 443 g/mol. The van der Waals surface area contributed by atoms with Gasteiger partial charge in [-0.3, -0.25) is 9.59 Å². The van der Waals surface area contributed by atoms with Crippen molar-refractivity contribution in [1.29, 1.82) is 0 Å². The number of sulfonamides is 1. The van der Waals surface area contributed by atoms with Crippen LogP contribution in [0.2, 0.25) is 0 Å². The molecular formula is C19H30N4O6S. The van der Waals surface area contributed by atoms with Gasteiger partial charge < -0.3 is 20.6 Å². The number of nitrogens with zero attached hydrogens (tertiary/aromatic N) is 1. The maximum Gasteiger partial charge on any atom is 0.305 e. The molecule has 0 saturated heterocycles. The van der Waals surface area contributed by atoms with Crippen molar-refractivity contribution in [2.45, 2.75) is 45.1 Å². The molecule has 1 amide bonds. The molecule has 0 unspecified atom stereocenters. The van der Waals surface area contributed by atoms with Crippen LogP contribution in [-0.2, 0) is 30.8 Å². The maximum absolute atomic E-state index is 12.3. The van der Waals surface area contributed by atoms with Crippen molar-refractivity contribution in [1.82, 2.24) is 10.0 Å². The van der Waals surface area contributed by atoms with Crippen LogP contribution in [0.25, 0.3) is 0 Å². The molecule has 1 aromatic carbocycles. The van der Waals surface area contributed by atoms with Gasteiger partial charge in [-0.05, 0) is 50.3 Å². The van der Waals surface area contributed by atoms with E-state index in [1.54, 1.807) is 6.92 Å². The van der Waals surface area contributed by atoms with Gasteiger partial charge in [-0.1, -0.05) is 12.1 Å². The van der Waals surface area contributed by atoms with Crippen molar-refractivity contribution in [2.24, 2.45) is 10.9 Å². The molecule has 0 aliphatic carbocycles. The lowest BCUT2D eigenvalue weighted by atomic mass is 10.1. The van der Waals surface area contributed by atoms with E-state index in [4.69, 9.17) is 15.3 Å². The Morgan fingerprint density at radius 1 is 1.23 bits per heavy atom. The second-order valence-electron chi connectivity index (χ2n) is 6.55. The minimum Gasteiger partial charge on any atom is -0.466 e. The Morgan fingerprint density at radius 2 is 1.93 bits per heavy atom. The maximum atomic E-state index is 12.3. The number of unbranched alkanes of at least 4 members (excludes halogenated alkanes) is 1. The minimum absolute atomic E-state index is 0.0288. The summed E-state index contributed by atoms with van der Waals surface area (Å²) in [4.78, 5) is 23.8. The number of benzene rings is 1. The first-order valence-electron chi connectivity index (χ1n) is 9.63. The zero-order valence-corrected chi connectivity index (χ0v) is 18.1. The van der Waals surface area contributed by atoms with E-state index in [9.17, 15) is 18.0 Å². The quantitative estimate of drug-likeness (QED) is 0.0957. The predicted octanol–water partition coefficient (Wildman–Crippen LogP) is 0.667. The van der Waals surface area contributed by atoms with Crippen LogP contribution in [0.15, 0.2) is 29.4 Å². The van der Waals surface area contributed by atoms with Crippen molar-refractivity contribution in [3.63, 3.8) is 0 Å². The number of hydrogen-bond acceptors (Lipinski definition) is 8. The average Bonchev–Trinajstić information content (AvgIpc) is 2.69. The fourth-order valence-corrected chi connectivity index (χ4v) is 3.35. The molecule has 0 aliphatic rings. The summed E-state index contributed by atoms with van der Waals surface area (Å²) >= 11 is 0. The lowest BCUT2D eigenvalue weighted by Crippen LogP contribution is -2.46. The molecule has 0 spiro atoms. The Morgan fingerprint density at radius 3 is 2.53 bits per heavy atom. The molecule has 4 N–H and O–H groups in total. The number of nitrogens with one attached hydrogen (secondary N) is 2. The Bertz CT molecular complexity index is 796. The summed E-state index contributed by atoms with van der Waals surface area (Å²) in [5.74, 6) is 4.67. The van der Waals surface area contributed by atoms with E-state index < -0.39 is 27.9 Å². The zero-order valence-electron chi connectivity index (χ0n) is 17.3. The molecule has 0 heterocycles. The molecule has 168 valence electrons. The second kappa shape index (κ2) is 13.5. The number of carbonyl (C=O) groups is 2. The fourth-order valence-electron chi connectivity index (χ4n) is 2.61. The number of hydrogen-bond donors (Lipinski definition) is 3. The summed E-state index contributed by atoms with van der Waals surface area (Å²) in [5.41, 5.74) is 1.12. The lowest BCUT2D eigenvalue weighted by Gasteiger charge is -2.17. The van der Waals surface area contributed by atoms with Crippen LogP contribution in [0.4, 0.5) is 0 Å². The Labute approximate surface area is 177 Å². The van der Waals surface area contributed by atoms with E-state index >= 15 is 0 Å². The van der Waals surface area contributed by atoms with E-state index in [1.807, 2.05) is 24.3 Å². The van der Waals surface area contributed by atoms with Crippen LogP contribution >= 0.6 is 0 Å². The van der Waals surface area contributed by atoms with Crippen LogP contribution in [0.5, 0.6) is 5.75 Å². The SMILES string of the molecule is CCOC(=O)CC[C@@H](NS(C)(=O)=O)C(=O)NCCCCc1ccc(OC=NN)cc1. The molecule has 11 heteroatoms. The van der Waals surface area contributed by atoms with Crippen molar-refractivity contribution in [3.8, 4) is 5.75 Å². The molecule has 0 fully saturated rings. The molecule has 0 saturated carbocycles. The molecule has 10 nitrogen and oxygen atoms in total. The highest BCUT2D eigenvalue weighted by Gasteiger charge is 2.23. The minimum atomic E-state index is -3.60. The van der Waals surface area contributed by atoms with E-state index in [2.05, 4.69) is 15.1 Å². The van der Waals surface area contributed by atoms with Crippen molar-refractivity contribution >= 4 is 28.3 Å². The highest BCUT2D eigenvalue weighted by Crippen LogP contribution is 2.13. The summed E-state index contributed by atoms with van der Waals surface area (Å²) in [6.45, 7) is 2.30. The molecule has 0 bridgehead atoms. The largest absolute Gasteiger partial charge is 0.466 e. The van der Waals surface area contributed by atoms with Gasteiger partial charge in [-0.15, -0.1) is 0 Å². The fraction of sp³-hybridized carbons (Fsp3) is 0.526. The third-order valence-corrected chi connectivity index (χ3v) is 4.69. The standard InChI is InChI=1S/C19H30N4O6S/c1-3-28-18(24)12-11-17(23-30(2,26)27)19(25)21-13-5-4-6-15-7-9-16(10-8-15)29-14-22-20/h7-10,14,17,23H,3-6,11-13,20H2,1-2H3,(H,21,25)/t17-/m1/s1. The summed E-state index contributed by atoms with van der Waals surface area (Å²) in [7, 11) is -3.60. The number of carbonyl (C=O) groups excluding carboxylic acids is 2. The van der Waals surface area contributed by atoms with Gasteiger partial charge in [-0.25, -0.2) is 13.1 Å². The van der Waals surface area contributed by atoms with Crippen molar-refractivity contribution < 1.29 is 27.5 Å². The van der Waals surface area contributed by atoms with Gasteiger partial charge in [-0.2, -0.15) is 5.10 Å². The van der Waals surface area contributed by atoms with Crippen LogP contribution in [-0.4, -0.2) is 52.1 Å². The Hall–Kier alpha value is -2.66. The third-order valence-electron chi connectivity index (χ3n) is 3.98. The van der Waals surface area contributed by atoms with Crippen LogP contribution in [0.3, 0.4) is 0 Å². The third kappa shape index (κ3) is 11.4. The molecule has 1 aromatic rings. The molecule has 30 heavy (non-hydrogen) atoms. The highest BCUT2D eigenvalue weighted by molar-refractivity contribution is 7.88. The molecule has 0 aromatic heterocycles. The number of nitrogens with two attached hydrogens (primary N) is 1. The number of aryl methyl sites for hydroxylation is 1. The van der Waals surface area contributed by atoms with Crippen LogP contribution in [0, 0.1) is 0 Å². The van der Waals surface area contributed by atoms with E-state index in [1.165, 1.54) is 0 Å². The first kappa shape index (κ1) is 25.4. The molecular weight excluding hydrogens is 412 g/mol. The second-order valence-corrected chi connectivity index (χ2v) is 8.33. The van der Waals surface area contributed by atoms with Crippen LogP contribution in [0.1, 0.15) is 38.2 Å². The van der Waals surface area contributed by atoms with Gasteiger partial charge in [0.2, 0.25) is 15.9 Å². The molecule has 0 aliphatic heterocycles. The lowest BCUT2D eigenvalue weighted by molar-refractivity contribution is -0.143. The number of amides is 1. The van der Waals surface area contributed by atoms with E-state index in [0.29, 0.717) is 18.7 Å². The predicted molar refractivity (Wildman–Crippen MR) is 113 cm³/mol. The first-order valence-corrected chi connectivity index (χ1v) is 11.5. The van der Waals surface area contributed by atoms with Crippen molar-refractivity contribution in [2.75, 3.05) is 19.4 Å². The van der Waals surface area contributed by atoms with E-state index in [0.717, 1.165) is 31.1 Å². The highest BCUT2D eigenvalue weighted by atomic mass is 32.2. The van der Waals surface area contributed by atoms with Gasteiger partial charge in [0.15, 0.2) is 6.40 Å². The smallest absolute Gasteiger partial charge is 0.305 e. The van der Waals surface area contributed by atoms with Gasteiger partial charge in [0.1, 0.15) is 11.8 Å². The Balaban J connectivity index is 2.40. The van der Waals surface area contributed by atoms with Gasteiger partial charge >= 0.3 is 5.97 Å². The normalized spacial score (nSPS) is 12.5. The van der Waals surface area contributed by atoms with E-state index in [-0.39, 0.29) is 19.4 Å². The number of ether oxygens (including phenoxy) is 2. The molecule has 1 atom stereocenters. The van der Waals surface area contributed by atoms with Crippen LogP contribution < -0.4 is 20.6 Å². The van der Waals surface area contributed by atoms with Gasteiger partial charge in [0.05, 0.1) is 12.9 Å². The molecule has 1 rings (SSSR count). The van der Waals surface area contributed by atoms with Crippen molar-refractivity contribution in [3.05, 3.63) is 29.8 Å². The monoisotopic (exact) mass is 442 g/mol. The summed E-state index contributed by atoms with van der Waals surface area (Å²) < 4.78 is 35.2. The zero-order chi connectivity index (χ0) is 22.4. The summed E-state index contributed by atoms with van der Waals surface area (Å²) in [6.07, 6.45) is 4.46.